The number of imide groups is 1. The number of fused-ring (bicyclic) bond motifs is 2. The highest BCUT2D eigenvalue weighted by Crippen LogP contribution is 2.46. The van der Waals surface area contributed by atoms with E-state index in [-0.39, 0.29) is 23.7 Å². The number of carbonyl (C=O) groups is 3. The fourth-order valence-corrected chi connectivity index (χ4v) is 4.10. The number of ether oxygens (including phenoxy) is 2. The summed E-state index contributed by atoms with van der Waals surface area (Å²) in [6, 6.07) is 13.8. The molecule has 0 radical (unpaired) electrons. The van der Waals surface area contributed by atoms with Gasteiger partial charge in [0.15, 0.2) is 0 Å². The average molecular weight is 462 g/mol. The molecule has 7 heteroatoms. The molecule has 0 unspecified atom stereocenters. The Morgan fingerprint density at radius 1 is 0.941 bits per heavy atom. The van der Waals surface area contributed by atoms with Crippen molar-refractivity contribution in [2.24, 2.45) is 0 Å². The van der Waals surface area contributed by atoms with Crippen LogP contribution in [-0.2, 0) is 11.2 Å². The first-order valence-corrected chi connectivity index (χ1v) is 11.4. The number of anilines is 1. The number of unbranched alkanes of at least 4 members (excludes halogenated alkanes) is 1. The summed E-state index contributed by atoms with van der Waals surface area (Å²) in [6.45, 7) is 6.21. The highest BCUT2D eigenvalue weighted by atomic mass is 16.5. The van der Waals surface area contributed by atoms with Gasteiger partial charge >= 0.3 is 5.97 Å². The Morgan fingerprint density at radius 2 is 1.53 bits per heavy atom. The zero-order valence-corrected chi connectivity index (χ0v) is 19.5. The second-order valence-corrected chi connectivity index (χ2v) is 8.51. The summed E-state index contributed by atoms with van der Waals surface area (Å²) in [4.78, 5) is 39.5. The van der Waals surface area contributed by atoms with Crippen molar-refractivity contribution < 1.29 is 29.0 Å². The van der Waals surface area contributed by atoms with Gasteiger partial charge in [0.2, 0.25) is 0 Å². The van der Waals surface area contributed by atoms with Crippen molar-refractivity contribution in [3.8, 4) is 11.5 Å². The minimum absolute atomic E-state index is 0.143. The molecule has 1 heterocycles. The maximum Gasteiger partial charge on any atom is 0.307 e. The monoisotopic (exact) mass is 461 g/mol. The van der Waals surface area contributed by atoms with E-state index in [1.54, 1.807) is 24.3 Å². The Balaban J connectivity index is 1.89. The lowest BCUT2D eigenvalue weighted by atomic mass is 9.98. The summed E-state index contributed by atoms with van der Waals surface area (Å²) in [7, 11) is 0. The standard InChI is InChI=1S/C27H27NO6/c1-4-5-14-33-24-19-8-6-7-9-20(19)25(34-16(2)3)23-22(24)26(31)28(27(23)32)18-12-10-17(11-13-18)15-21(29)30/h6-13,16H,4-5,14-15H2,1-3H3,(H,29,30). The van der Waals surface area contributed by atoms with E-state index < -0.39 is 17.8 Å². The van der Waals surface area contributed by atoms with Crippen molar-refractivity contribution in [1.29, 1.82) is 0 Å². The first-order chi connectivity index (χ1) is 16.3. The number of hydrogen-bond acceptors (Lipinski definition) is 5. The van der Waals surface area contributed by atoms with Crippen molar-refractivity contribution in [2.75, 3.05) is 11.5 Å². The van der Waals surface area contributed by atoms with E-state index in [2.05, 4.69) is 6.92 Å². The summed E-state index contributed by atoms with van der Waals surface area (Å²) < 4.78 is 12.2. The molecule has 3 aromatic rings. The van der Waals surface area contributed by atoms with Crippen LogP contribution in [0.15, 0.2) is 48.5 Å². The van der Waals surface area contributed by atoms with Crippen molar-refractivity contribution >= 4 is 34.2 Å². The SMILES string of the molecule is CCCCOc1c2c(c(OC(C)C)c3ccccc13)C(=O)N(c1ccc(CC(=O)O)cc1)C2=O. The number of aliphatic carboxylic acids is 1. The number of carboxylic acids is 1. The quantitative estimate of drug-likeness (QED) is 0.346. The molecular formula is C27H27NO6. The fourth-order valence-electron chi connectivity index (χ4n) is 4.10. The van der Waals surface area contributed by atoms with Crippen LogP contribution in [0, 0.1) is 0 Å². The van der Waals surface area contributed by atoms with Gasteiger partial charge in [-0.1, -0.05) is 49.7 Å². The molecule has 0 spiro atoms. The number of rotatable bonds is 9. The first-order valence-electron chi connectivity index (χ1n) is 11.4. The number of nitrogens with zero attached hydrogens (tertiary/aromatic N) is 1. The van der Waals surface area contributed by atoms with Crippen LogP contribution in [0.5, 0.6) is 11.5 Å². The molecule has 4 rings (SSSR count). The lowest BCUT2D eigenvalue weighted by Gasteiger charge is -2.18. The smallest absolute Gasteiger partial charge is 0.307 e. The lowest BCUT2D eigenvalue weighted by Crippen LogP contribution is -2.29. The van der Waals surface area contributed by atoms with E-state index in [0.29, 0.717) is 40.1 Å². The Labute approximate surface area is 197 Å². The van der Waals surface area contributed by atoms with Crippen LogP contribution in [0.3, 0.4) is 0 Å². The van der Waals surface area contributed by atoms with Crippen LogP contribution in [0.2, 0.25) is 0 Å². The van der Waals surface area contributed by atoms with Crippen LogP contribution in [0.1, 0.15) is 59.9 Å². The molecule has 0 aliphatic carbocycles. The van der Waals surface area contributed by atoms with Gasteiger partial charge in [0, 0.05) is 10.8 Å². The Kier molecular flexibility index (Phi) is 6.54. The highest BCUT2D eigenvalue weighted by molar-refractivity contribution is 6.38. The van der Waals surface area contributed by atoms with Crippen molar-refractivity contribution in [1.82, 2.24) is 0 Å². The minimum Gasteiger partial charge on any atom is -0.492 e. The number of carboxylic acid groups (broad SMARTS) is 1. The van der Waals surface area contributed by atoms with E-state index in [1.165, 1.54) is 0 Å². The second kappa shape index (κ2) is 9.55. The number of benzene rings is 3. The van der Waals surface area contributed by atoms with Crippen LogP contribution in [0.4, 0.5) is 5.69 Å². The predicted octanol–water partition coefficient (Wildman–Crippen LogP) is 5.23. The zero-order valence-electron chi connectivity index (χ0n) is 19.5. The summed E-state index contributed by atoms with van der Waals surface area (Å²) in [5.74, 6) is -1.18. The van der Waals surface area contributed by atoms with Gasteiger partial charge in [-0.2, -0.15) is 0 Å². The summed E-state index contributed by atoms with van der Waals surface area (Å²) in [6.07, 6.45) is 1.38. The molecular weight excluding hydrogens is 434 g/mol. The van der Waals surface area contributed by atoms with E-state index in [0.717, 1.165) is 17.7 Å². The topological polar surface area (TPSA) is 93.1 Å². The molecule has 0 fully saturated rings. The molecule has 176 valence electrons. The van der Waals surface area contributed by atoms with Crippen molar-refractivity contribution in [3.63, 3.8) is 0 Å². The molecule has 0 atom stereocenters. The molecule has 3 aromatic carbocycles. The molecule has 1 aliphatic rings. The molecule has 0 saturated heterocycles. The third-order valence-electron chi connectivity index (χ3n) is 5.60. The van der Waals surface area contributed by atoms with Crippen molar-refractivity contribution in [2.45, 2.75) is 46.1 Å². The minimum atomic E-state index is -0.954. The maximum atomic E-state index is 13.7. The lowest BCUT2D eigenvalue weighted by molar-refractivity contribution is -0.136. The first kappa shape index (κ1) is 23.3. The van der Waals surface area contributed by atoms with Gasteiger partial charge in [0.1, 0.15) is 11.5 Å². The van der Waals surface area contributed by atoms with Crippen molar-refractivity contribution in [3.05, 3.63) is 65.2 Å². The van der Waals surface area contributed by atoms with E-state index in [1.807, 2.05) is 38.1 Å². The summed E-state index contributed by atoms with van der Waals surface area (Å²) in [5.41, 5.74) is 1.33. The molecule has 0 saturated carbocycles. The van der Waals surface area contributed by atoms with Crippen LogP contribution in [-0.4, -0.2) is 35.6 Å². The van der Waals surface area contributed by atoms with E-state index in [9.17, 15) is 14.4 Å². The summed E-state index contributed by atoms with van der Waals surface area (Å²) >= 11 is 0. The highest BCUT2D eigenvalue weighted by Gasteiger charge is 2.43. The summed E-state index contributed by atoms with van der Waals surface area (Å²) in [5, 5.41) is 10.4. The molecule has 7 nitrogen and oxygen atoms in total. The second-order valence-electron chi connectivity index (χ2n) is 8.51. The third kappa shape index (κ3) is 4.21. The van der Waals surface area contributed by atoms with Gasteiger partial charge < -0.3 is 14.6 Å². The van der Waals surface area contributed by atoms with Gasteiger partial charge in [0.05, 0.1) is 35.9 Å². The normalized spacial score (nSPS) is 13.0. The van der Waals surface area contributed by atoms with Gasteiger partial charge in [0.25, 0.3) is 11.8 Å². The van der Waals surface area contributed by atoms with Gasteiger partial charge in [-0.05, 0) is 38.0 Å². The molecule has 34 heavy (non-hydrogen) atoms. The Morgan fingerprint density at radius 3 is 2.09 bits per heavy atom. The Bertz CT molecular complexity index is 1260. The zero-order chi connectivity index (χ0) is 24.4. The molecule has 2 amide bonds. The molecule has 1 N–H and O–H groups in total. The maximum absolute atomic E-state index is 13.7. The van der Waals surface area contributed by atoms with Gasteiger partial charge in [-0.3, -0.25) is 14.4 Å². The van der Waals surface area contributed by atoms with E-state index >= 15 is 0 Å². The van der Waals surface area contributed by atoms with Crippen LogP contribution in [0.25, 0.3) is 10.8 Å². The largest absolute Gasteiger partial charge is 0.492 e. The third-order valence-corrected chi connectivity index (χ3v) is 5.60. The number of hydrogen-bond donors (Lipinski definition) is 1. The number of carbonyl (C=O) groups excluding carboxylic acids is 2. The van der Waals surface area contributed by atoms with Gasteiger partial charge in [-0.25, -0.2) is 4.90 Å². The molecule has 0 aromatic heterocycles. The van der Waals surface area contributed by atoms with Gasteiger partial charge in [-0.15, -0.1) is 0 Å². The predicted molar refractivity (Wildman–Crippen MR) is 129 cm³/mol. The average Bonchev–Trinajstić information content (AvgIpc) is 3.06. The molecule has 1 aliphatic heterocycles. The van der Waals surface area contributed by atoms with E-state index in [4.69, 9.17) is 14.6 Å². The number of amides is 2. The molecule has 0 bridgehead atoms. The Hall–Kier alpha value is -3.87. The fraction of sp³-hybridized carbons (Fsp3) is 0.296. The van der Waals surface area contributed by atoms with Crippen LogP contribution >= 0.6 is 0 Å². The van der Waals surface area contributed by atoms with Crippen LogP contribution < -0.4 is 14.4 Å².